The number of imidazole rings is 1. The summed E-state index contributed by atoms with van der Waals surface area (Å²) >= 11 is 3.45. The molecule has 0 spiro atoms. The fourth-order valence-electron chi connectivity index (χ4n) is 2.00. The molecule has 96 valence electrons. The van der Waals surface area contributed by atoms with Crippen LogP contribution in [0.4, 0.5) is 8.78 Å². The Kier molecular flexibility index (Phi) is 2.86. The minimum Gasteiger partial charge on any atom is -0.338 e. The Balaban J connectivity index is 2.23. The lowest BCUT2D eigenvalue weighted by atomic mass is 10.1. The van der Waals surface area contributed by atoms with Crippen LogP contribution < -0.4 is 0 Å². The summed E-state index contributed by atoms with van der Waals surface area (Å²) in [5.41, 5.74) is 2.80. The van der Waals surface area contributed by atoms with Gasteiger partial charge in [-0.3, -0.25) is 0 Å². The van der Waals surface area contributed by atoms with Gasteiger partial charge in [0.15, 0.2) is 11.6 Å². The molecule has 2 aromatic carbocycles. The van der Waals surface area contributed by atoms with E-state index in [4.69, 9.17) is 0 Å². The predicted octanol–water partition coefficient (Wildman–Crippen LogP) is 4.58. The van der Waals surface area contributed by atoms with E-state index in [9.17, 15) is 8.78 Å². The topological polar surface area (TPSA) is 28.7 Å². The molecule has 2 nitrogen and oxygen atoms in total. The van der Waals surface area contributed by atoms with Crippen molar-refractivity contribution in [2.45, 2.75) is 6.92 Å². The molecule has 0 aliphatic rings. The van der Waals surface area contributed by atoms with Crippen LogP contribution in [0.15, 0.2) is 34.8 Å². The second kappa shape index (κ2) is 4.42. The average molecular weight is 323 g/mol. The molecule has 0 saturated carbocycles. The normalized spacial score (nSPS) is 11.2. The maximum Gasteiger partial charge on any atom is 0.161 e. The third kappa shape index (κ3) is 2.04. The molecule has 3 rings (SSSR count). The second-order valence-corrected chi connectivity index (χ2v) is 5.14. The fraction of sp³-hybridized carbons (Fsp3) is 0.0714. The summed E-state index contributed by atoms with van der Waals surface area (Å²) in [6, 6.07) is 7.94. The van der Waals surface area contributed by atoms with Gasteiger partial charge in [-0.05, 0) is 18.6 Å². The highest BCUT2D eigenvalue weighted by Gasteiger charge is 2.12. The standard InChI is InChI=1S/C14H9BrF2N2/c1-7-8(3-2-4-9(7)15)14-18-12-5-10(16)11(17)6-13(12)19-14/h2-6H,1H3,(H,18,19). The second-order valence-electron chi connectivity index (χ2n) is 4.28. The van der Waals surface area contributed by atoms with Crippen molar-refractivity contribution in [2.24, 2.45) is 0 Å². The highest BCUT2D eigenvalue weighted by Crippen LogP contribution is 2.28. The molecule has 1 aromatic heterocycles. The van der Waals surface area contributed by atoms with Gasteiger partial charge in [-0.1, -0.05) is 28.1 Å². The summed E-state index contributed by atoms with van der Waals surface area (Å²) in [7, 11) is 0. The van der Waals surface area contributed by atoms with Crippen LogP contribution in [-0.4, -0.2) is 9.97 Å². The number of fused-ring (bicyclic) bond motifs is 1. The summed E-state index contributed by atoms with van der Waals surface area (Å²) in [5, 5.41) is 0. The van der Waals surface area contributed by atoms with Gasteiger partial charge in [0.05, 0.1) is 11.0 Å². The lowest BCUT2D eigenvalue weighted by Gasteiger charge is -2.03. The minimum atomic E-state index is -0.892. The Morgan fingerprint density at radius 2 is 1.89 bits per heavy atom. The quantitative estimate of drug-likeness (QED) is 0.698. The van der Waals surface area contributed by atoms with Crippen LogP contribution in [-0.2, 0) is 0 Å². The van der Waals surface area contributed by atoms with Crippen molar-refractivity contribution in [3.05, 3.63) is 52.0 Å². The summed E-state index contributed by atoms with van der Waals surface area (Å²) in [6.45, 7) is 1.95. The van der Waals surface area contributed by atoms with E-state index in [-0.39, 0.29) is 0 Å². The zero-order valence-electron chi connectivity index (χ0n) is 9.97. The number of halogens is 3. The van der Waals surface area contributed by atoms with Crippen molar-refractivity contribution >= 4 is 27.0 Å². The van der Waals surface area contributed by atoms with Crippen LogP contribution >= 0.6 is 15.9 Å². The van der Waals surface area contributed by atoms with Gasteiger partial charge < -0.3 is 4.98 Å². The van der Waals surface area contributed by atoms with E-state index in [1.807, 2.05) is 25.1 Å². The van der Waals surface area contributed by atoms with Crippen molar-refractivity contribution < 1.29 is 8.78 Å². The maximum absolute atomic E-state index is 13.2. The van der Waals surface area contributed by atoms with Gasteiger partial charge in [0.1, 0.15) is 5.82 Å². The lowest BCUT2D eigenvalue weighted by molar-refractivity contribution is 0.510. The number of hydrogen-bond acceptors (Lipinski definition) is 1. The zero-order chi connectivity index (χ0) is 13.6. The van der Waals surface area contributed by atoms with Crippen molar-refractivity contribution in [1.29, 1.82) is 0 Å². The zero-order valence-corrected chi connectivity index (χ0v) is 11.6. The lowest BCUT2D eigenvalue weighted by Crippen LogP contribution is -1.86. The molecule has 0 aliphatic heterocycles. The van der Waals surface area contributed by atoms with Gasteiger partial charge in [-0.2, -0.15) is 0 Å². The Morgan fingerprint density at radius 1 is 1.16 bits per heavy atom. The summed E-state index contributed by atoms with van der Waals surface area (Å²) in [5.74, 6) is -1.18. The van der Waals surface area contributed by atoms with Crippen molar-refractivity contribution in [1.82, 2.24) is 9.97 Å². The summed E-state index contributed by atoms with van der Waals surface area (Å²) in [4.78, 5) is 7.31. The van der Waals surface area contributed by atoms with Gasteiger partial charge in [0.25, 0.3) is 0 Å². The molecule has 19 heavy (non-hydrogen) atoms. The molecule has 0 atom stereocenters. The van der Waals surface area contributed by atoms with Gasteiger partial charge in [0, 0.05) is 22.2 Å². The molecular weight excluding hydrogens is 314 g/mol. The fourth-order valence-corrected chi connectivity index (χ4v) is 2.36. The molecular formula is C14H9BrF2N2. The van der Waals surface area contributed by atoms with Crippen molar-refractivity contribution in [3.63, 3.8) is 0 Å². The predicted molar refractivity (Wildman–Crippen MR) is 73.9 cm³/mol. The van der Waals surface area contributed by atoms with Crippen LogP contribution in [0.2, 0.25) is 0 Å². The van der Waals surface area contributed by atoms with Gasteiger partial charge in [-0.25, -0.2) is 13.8 Å². The van der Waals surface area contributed by atoms with E-state index in [1.54, 1.807) is 0 Å². The molecule has 3 aromatic rings. The molecule has 0 radical (unpaired) electrons. The summed E-state index contributed by atoms with van der Waals surface area (Å²) in [6.07, 6.45) is 0. The van der Waals surface area contributed by atoms with Gasteiger partial charge >= 0.3 is 0 Å². The number of aromatic amines is 1. The van der Waals surface area contributed by atoms with E-state index >= 15 is 0 Å². The molecule has 0 amide bonds. The first-order valence-corrected chi connectivity index (χ1v) is 6.46. The Hall–Kier alpha value is -1.75. The van der Waals surface area contributed by atoms with Crippen molar-refractivity contribution in [3.8, 4) is 11.4 Å². The van der Waals surface area contributed by atoms with Gasteiger partial charge in [0.2, 0.25) is 0 Å². The molecule has 0 aliphatic carbocycles. The highest BCUT2D eigenvalue weighted by molar-refractivity contribution is 9.10. The molecule has 1 heterocycles. The number of nitrogens with one attached hydrogen (secondary N) is 1. The number of H-pyrrole nitrogens is 1. The maximum atomic E-state index is 13.2. The average Bonchev–Trinajstić information content (AvgIpc) is 2.76. The Bertz CT molecular complexity index is 741. The monoisotopic (exact) mass is 322 g/mol. The first-order chi connectivity index (χ1) is 9.06. The van der Waals surface area contributed by atoms with Crippen molar-refractivity contribution in [2.75, 3.05) is 0 Å². The molecule has 0 bridgehead atoms. The molecule has 5 heteroatoms. The number of rotatable bonds is 1. The first kappa shape index (κ1) is 12.3. The van der Waals surface area contributed by atoms with Crippen LogP contribution in [0.5, 0.6) is 0 Å². The SMILES string of the molecule is Cc1c(Br)cccc1-c1nc2cc(F)c(F)cc2[nH]1. The van der Waals surface area contributed by atoms with Crippen LogP contribution in [0, 0.1) is 18.6 Å². The molecule has 0 saturated heterocycles. The van der Waals surface area contributed by atoms with E-state index in [2.05, 4.69) is 25.9 Å². The van der Waals surface area contributed by atoms with E-state index in [0.29, 0.717) is 16.9 Å². The van der Waals surface area contributed by atoms with Crippen LogP contribution in [0.25, 0.3) is 22.4 Å². The number of aromatic nitrogens is 2. The highest BCUT2D eigenvalue weighted by atomic mass is 79.9. The third-order valence-corrected chi connectivity index (χ3v) is 3.91. The molecule has 0 fully saturated rings. The first-order valence-electron chi connectivity index (χ1n) is 5.66. The van der Waals surface area contributed by atoms with E-state index < -0.39 is 11.6 Å². The largest absolute Gasteiger partial charge is 0.338 e. The van der Waals surface area contributed by atoms with Crippen LogP contribution in [0.1, 0.15) is 5.56 Å². The molecule has 0 unspecified atom stereocenters. The number of hydrogen-bond donors (Lipinski definition) is 1. The number of benzene rings is 2. The van der Waals surface area contributed by atoms with E-state index in [1.165, 1.54) is 0 Å². The smallest absolute Gasteiger partial charge is 0.161 e. The van der Waals surface area contributed by atoms with Gasteiger partial charge in [-0.15, -0.1) is 0 Å². The molecule has 1 N–H and O–H groups in total. The van der Waals surface area contributed by atoms with E-state index in [0.717, 1.165) is 27.7 Å². The number of nitrogens with zero attached hydrogens (tertiary/aromatic N) is 1. The minimum absolute atomic E-state index is 0.410. The third-order valence-electron chi connectivity index (χ3n) is 3.05. The Labute approximate surface area is 116 Å². The van der Waals surface area contributed by atoms with Crippen LogP contribution in [0.3, 0.4) is 0 Å². The summed E-state index contributed by atoms with van der Waals surface area (Å²) < 4.78 is 27.3. The Morgan fingerprint density at radius 3 is 2.68 bits per heavy atom.